The average Bonchev–Trinajstić information content (AvgIpc) is 3.30. The van der Waals surface area contributed by atoms with Crippen molar-refractivity contribution in [1.82, 2.24) is 9.80 Å². The maximum Gasteiger partial charge on any atom is 0.258 e. The van der Waals surface area contributed by atoms with Crippen molar-refractivity contribution < 1.29 is 9.59 Å². The van der Waals surface area contributed by atoms with Crippen molar-refractivity contribution in [2.45, 2.75) is 13.0 Å². The molecular weight excluding hydrogens is 496 g/mol. The molecule has 0 spiro atoms. The zero-order valence-corrected chi connectivity index (χ0v) is 23.1. The van der Waals surface area contributed by atoms with Gasteiger partial charge >= 0.3 is 0 Å². The number of fused-ring (bicyclic) bond motifs is 1. The lowest BCUT2D eigenvalue weighted by molar-refractivity contribution is -0.110. The third-order valence-corrected chi connectivity index (χ3v) is 6.97. The van der Waals surface area contributed by atoms with Gasteiger partial charge in [0.25, 0.3) is 11.8 Å². The number of nitrogens with zero attached hydrogens (tertiary/aromatic N) is 2. The number of anilines is 2. The molecule has 4 aromatic carbocycles. The van der Waals surface area contributed by atoms with Gasteiger partial charge in [0.1, 0.15) is 0 Å². The Hall–Kier alpha value is -4.68. The van der Waals surface area contributed by atoms with Crippen LogP contribution in [0.3, 0.4) is 0 Å². The molecule has 0 saturated carbocycles. The summed E-state index contributed by atoms with van der Waals surface area (Å²) in [6.07, 6.45) is 0.772. The maximum absolute atomic E-state index is 13.4. The zero-order chi connectivity index (χ0) is 28.1. The summed E-state index contributed by atoms with van der Waals surface area (Å²) < 4.78 is 0. The zero-order valence-electron chi connectivity index (χ0n) is 23.1. The van der Waals surface area contributed by atoms with Crippen LogP contribution in [0.15, 0.2) is 103 Å². The molecule has 1 aliphatic rings. The molecule has 40 heavy (non-hydrogen) atoms. The lowest BCUT2D eigenvalue weighted by Gasteiger charge is -2.18. The second-order valence-corrected chi connectivity index (χ2v) is 10.4. The van der Waals surface area contributed by atoms with Crippen molar-refractivity contribution in [3.63, 3.8) is 0 Å². The summed E-state index contributed by atoms with van der Waals surface area (Å²) in [6, 6.07) is 33.6. The fourth-order valence-corrected chi connectivity index (χ4v) is 4.90. The highest BCUT2D eigenvalue weighted by atomic mass is 16.2. The highest BCUT2D eigenvalue weighted by Gasteiger charge is 2.30. The number of carbonyl (C=O) groups excluding carboxylic acids is 2. The Bertz CT molecular complexity index is 1530. The van der Waals surface area contributed by atoms with E-state index < -0.39 is 0 Å². The monoisotopic (exact) mass is 530 g/mol. The molecular formula is C34H34N4O2. The summed E-state index contributed by atoms with van der Waals surface area (Å²) in [7, 11) is 5.90. The van der Waals surface area contributed by atoms with Crippen molar-refractivity contribution in [3.05, 3.63) is 131 Å². The molecule has 6 nitrogen and oxygen atoms in total. The first-order chi connectivity index (χ1) is 19.4. The van der Waals surface area contributed by atoms with Crippen LogP contribution in [0.25, 0.3) is 11.3 Å². The number of hydrogen-bond donors (Lipinski definition) is 2. The van der Waals surface area contributed by atoms with E-state index in [2.05, 4.69) is 39.8 Å². The van der Waals surface area contributed by atoms with Gasteiger partial charge in [0.05, 0.1) is 11.3 Å². The molecule has 0 aromatic heterocycles. The number of benzene rings is 4. The smallest absolute Gasteiger partial charge is 0.258 e. The normalized spacial score (nSPS) is 13.6. The van der Waals surface area contributed by atoms with Crippen LogP contribution < -0.4 is 10.6 Å². The number of hydrogen-bond acceptors (Lipinski definition) is 4. The van der Waals surface area contributed by atoms with E-state index in [1.165, 1.54) is 11.1 Å². The van der Waals surface area contributed by atoms with Crippen molar-refractivity contribution >= 4 is 34.5 Å². The van der Waals surface area contributed by atoms with Crippen LogP contribution in [0.5, 0.6) is 0 Å². The Morgan fingerprint density at radius 3 is 2.12 bits per heavy atom. The van der Waals surface area contributed by atoms with Gasteiger partial charge in [-0.3, -0.25) is 9.59 Å². The molecule has 0 atom stereocenters. The first-order valence-corrected chi connectivity index (χ1v) is 13.4. The summed E-state index contributed by atoms with van der Waals surface area (Å²) in [6.45, 7) is 1.44. The molecule has 0 unspecified atom stereocenters. The van der Waals surface area contributed by atoms with Gasteiger partial charge < -0.3 is 20.4 Å². The van der Waals surface area contributed by atoms with Crippen molar-refractivity contribution in [2.24, 2.45) is 0 Å². The van der Waals surface area contributed by atoms with Gasteiger partial charge in [-0.2, -0.15) is 0 Å². The molecule has 1 aliphatic heterocycles. The number of amides is 2. The van der Waals surface area contributed by atoms with E-state index in [-0.39, 0.29) is 11.8 Å². The number of rotatable bonds is 9. The molecule has 0 fully saturated rings. The highest BCUT2D eigenvalue weighted by molar-refractivity contribution is 6.37. The van der Waals surface area contributed by atoms with Crippen molar-refractivity contribution in [2.75, 3.05) is 38.3 Å². The first kappa shape index (κ1) is 26.9. The standard InChI is InChI=1S/C34H34N4O2/c1-37(2)23-25-14-17-28(18-15-25)35-32(26-12-8-5-9-13-26)31-29-22-27(16-19-30(29)36-33(31)39)34(40)38(3)21-20-24-10-6-4-7-11-24/h4-19,22,35H,20-21,23H2,1-3H3,(H,36,39)/b32-31-. The van der Waals surface area contributed by atoms with E-state index in [9.17, 15) is 9.59 Å². The predicted octanol–water partition coefficient (Wildman–Crippen LogP) is 6.00. The summed E-state index contributed by atoms with van der Waals surface area (Å²) in [5.74, 6) is -0.282. The van der Waals surface area contributed by atoms with Crippen LogP contribution >= 0.6 is 0 Å². The van der Waals surface area contributed by atoms with Gasteiger partial charge in [-0.15, -0.1) is 0 Å². The van der Waals surface area contributed by atoms with Gasteiger partial charge in [0, 0.05) is 42.6 Å². The molecule has 0 saturated heterocycles. The molecule has 6 heteroatoms. The minimum atomic E-state index is -0.201. The molecule has 0 aliphatic carbocycles. The van der Waals surface area contributed by atoms with Crippen LogP contribution in [0, 0.1) is 0 Å². The van der Waals surface area contributed by atoms with E-state index in [0.29, 0.717) is 34.6 Å². The fourth-order valence-electron chi connectivity index (χ4n) is 4.90. The second-order valence-electron chi connectivity index (χ2n) is 10.4. The van der Waals surface area contributed by atoms with Gasteiger partial charge in [-0.1, -0.05) is 72.8 Å². The lowest BCUT2D eigenvalue weighted by atomic mass is 9.98. The van der Waals surface area contributed by atoms with Crippen LogP contribution in [0.2, 0.25) is 0 Å². The Morgan fingerprint density at radius 1 is 0.775 bits per heavy atom. The third kappa shape index (κ3) is 6.14. The van der Waals surface area contributed by atoms with Crippen molar-refractivity contribution in [1.29, 1.82) is 0 Å². The van der Waals surface area contributed by atoms with Crippen LogP contribution in [0.1, 0.15) is 32.6 Å². The molecule has 0 radical (unpaired) electrons. The fraction of sp³-hybridized carbons (Fsp3) is 0.176. The first-order valence-electron chi connectivity index (χ1n) is 13.4. The van der Waals surface area contributed by atoms with Crippen molar-refractivity contribution in [3.8, 4) is 0 Å². The van der Waals surface area contributed by atoms with E-state index in [1.807, 2.05) is 93.9 Å². The summed E-state index contributed by atoms with van der Waals surface area (Å²) in [5, 5.41) is 6.50. The minimum absolute atomic E-state index is 0.0804. The Morgan fingerprint density at radius 2 is 1.45 bits per heavy atom. The van der Waals surface area contributed by atoms with Gasteiger partial charge in [-0.05, 0) is 67.5 Å². The SMILES string of the molecule is CN(C)Cc1ccc(N/C(=C2\C(=O)Nc3ccc(C(=O)N(C)CCc4ccccc4)cc32)c2ccccc2)cc1. The van der Waals surface area contributed by atoms with Gasteiger partial charge in [0.15, 0.2) is 0 Å². The van der Waals surface area contributed by atoms with E-state index in [4.69, 9.17) is 0 Å². The molecule has 2 N–H and O–H groups in total. The summed E-state index contributed by atoms with van der Waals surface area (Å²) in [5.41, 5.74) is 7.31. The topological polar surface area (TPSA) is 64.7 Å². The van der Waals surface area contributed by atoms with Crippen LogP contribution in [-0.2, 0) is 17.8 Å². The molecule has 0 bridgehead atoms. The molecule has 5 rings (SSSR count). The predicted molar refractivity (Wildman–Crippen MR) is 163 cm³/mol. The number of nitrogens with one attached hydrogen (secondary N) is 2. The maximum atomic E-state index is 13.4. The van der Waals surface area contributed by atoms with Gasteiger partial charge in [0.2, 0.25) is 0 Å². The highest BCUT2D eigenvalue weighted by Crippen LogP contribution is 2.38. The molecule has 202 valence electrons. The lowest BCUT2D eigenvalue weighted by Crippen LogP contribution is -2.28. The van der Waals surface area contributed by atoms with Crippen LogP contribution in [0.4, 0.5) is 11.4 Å². The Kier molecular flexibility index (Phi) is 8.08. The Labute approximate surface area is 235 Å². The third-order valence-electron chi connectivity index (χ3n) is 6.97. The van der Waals surface area contributed by atoms with E-state index in [1.54, 1.807) is 11.0 Å². The minimum Gasteiger partial charge on any atom is -0.354 e. The quantitative estimate of drug-likeness (QED) is 0.261. The van der Waals surface area contributed by atoms with E-state index in [0.717, 1.165) is 24.2 Å². The molecule has 4 aromatic rings. The summed E-state index contributed by atoms with van der Waals surface area (Å²) in [4.78, 5) is 30.6. The summed E-state index contributed by atoms with van der Waals surface area (Å²) >= 11 is 0. The Balaban J connectivity index is 1.47. The number of likely N-dealkylation sites (N-methyl/N-ethyl adjacent to an activating group) is 1. The molecule has 1 heterocycles. The average molecular weight is 531 g/mol. The number of carbonyl (C=O) groups is 2. The molecule has 2 amide bonds. The van der Waals surface area contributed by atoms with E-state index >= 15 is 0 Å². The second kappa shape index (κ2) is 12.0. The van der Waals surface area contributed by atoms with Gasteiger partial charge in [-0.25, -0.2) is 0 Å². The largest absolute Gasteiger partial charge is 0.354 e. The van der Waals surface area contributed by atoms with Crippen LogP contribution in [-0.4, -0.2) is 49.3 Å².